The first-order chi connectivity index (χ1) is 15.3. The molecule has 8 nitrogen and oxygen atoms in total. The highest BCUT2D eigenvalue weighted by molar-refractivity contribution is 6.43. The summed E-state index contributed by atoms with van der Waals surface area (Å²) in [6, 6.07) is 11.2. The van der Waals surface area contributed by atoms with E-state index in [4.69, 9.17) is 23.9 Å². The van der Waals surface area contributed by atoms with Crippen LogP contribution in [0.15, 0.2) is 46.7 Å². The molecule has 1 heterocycles. The first-order valence-electron chi connectivity index (χ1n) is 10.1. The molecule has 1 aliphatic heterocycles. The van der Waals surface area contributed by atoms with Gasteiger partial charge in [-0.25, -0.2) is 4.79 Å². The number of methoxy groups -OCH3 is 1. The molecule has 0 spiro atoms. The summed E-state index contributed by atoms with van der Waals surface area (Å²) in [7, 11) is 4.18. The zero-order valence-electron chi connectivity index (χ0n) is 19.2. The van der Waals surface area contributed by atoms with Crippen LogP contribution in [0.1, 0.15) is 43.0 Å². The Bertz CT molecular complexity index is 1060. The summed E-state index contributed by atoms with van der Waals surface area (Å²) in [5, 5.41) is 7.89. The Morgan fingerprint density at radius 2 is 1.81 bits per heavy atom. The average molecular weight is 440 g/mol. The lowest BCUT2D eigenvalue weighted by Crippen LogP contribution is -2.24. The van der Waals surface area contributed by atoms with Crippen molar-refractivity contribution in [1.82, 2.24) is 0 Å². The number of nitrogens with zero attached hydrogens (tertiary/aromatic N) is 2. The van der Waals surface area contributed by atoms with E-state index < -0.39 is 5.97 Å². The zero-order chi connectivity index (χ0) is 23.3. The maximum absolute atomic E-state index is 12.2. The van der Waals surface area contributed by atoms with Crippen LogP contribution in [-0.4, -0.2) is 44.3 Å². The largest absolute Gasteiger partial charge is 0.485 e. The van der Waals surface area contributed by atoms with Gasteiger partial charge in [-0.1, -0.05) is 34.6 Å². The average Bonchev–Trinajstić information content (AvgIpc) is 3.09. The van der Waals surface area contributed by atoms with Crippen molar-refractivity contribution >= 4 is 17.4 Å². The van der Waals surface area contributed by atoms with Crippen LogP contribution in [0.4, 0.5) is 0 Å². The first-order valence-corrected chi connectivity index (χ1v) is 10.1. The summed E-state index contributed by atoms with van der Waals surface area (Å²) in [6.07, 6.45) is 0.746. The second-order valence-corrected chi connectivity index (χ2v) is 7.92. The van der Waals surface area contributed by atoms with Crippen LogP contribution < -0.4 is 9.47 Å². The monoisotopic (exact) mass is 440 g/mol. The third-order valence-corrected chi connectivity index (χ3v) is 4.99. The molecule has 2 aromatic carbocycles. The van der Waals surface area contributed by atoms with E-state index in [0.29, 0.717) is 17.1 Å². The van der Waals surface area contributed by atoms with Crippen molar-refractivity contribution in [3.05, 3.63) is 58.7 Å². The molecule has 0 aliphatic carbocycles. The lowest BCUT2D eigenvalue weighted by molar-refractivity contribution is -0.132. The van der Waals surface area contributed by atoms with Gasteiger partial charge in [0.15, 0.2) is 17.2 Å². The Balaban J connectivity index is 1.97. The van der Waals surface area contributed by atoms with E-state index in [9.17, 15) is 4.79 Å². The Labute approximate surface area is 187 Å². The molecule has 8 heteroatoms. The van der Waals surface area contributed by atoms with Crippen LogP contribution in [0.3, 0.4) is 0 Å². The van der Waals surface area contributed by atoms with Gasteiger partial charge in [-0.05, 0) is 38.5 Å². The molecule has 0 saturated carbocycles. The van der Waals surface area contributed by atoms with Crippen molar-refractivity contribution in [2.45, 2.75) is 39.4 Å². The number of fused-ring (bicyclic) bond motifs is 1. The summed E-state index contributed by atoms with van der Waals surface area (Å²) in [5.74, 6) is 0.700. The van der Waals surface area contributed by atoms with Crippen LogP contribution >= 0.6 is 0 Å². The molecule has 0 aromatic heterocycles. The topological polar surface area (TPSA) is 87.9 Å². The van der Waals surface area contributed by atoms with E-state index in [2.05, 4.69) is 10.3 Å². The third kappa shape index (κ3) is 5.01. The van der Waals surface area contributed by atoms with Crippen molar-refractivity contribution in [3.63, 3.8) is 0 Å². The molecule has 0 radical (unpaired) electrons. The SMILES string of the molecule is CON=C(C)c1cc2c(c(OCc3ccccc3/C(=N\OC)C(=O)OC)c1)OC(C)(C)C2. The number of rotatable bonds is 8. The van der Waals surface area contributed by atoms with E-state index in [1.54, 1.807) is 6.07 Å². The van der Waals surface area contributed by atoms with Gasteiger partial charge in [-0.15, -0.1) is 0 Å². The fourth-order valence-electron chi connectivity index (χ4n) is 3.60. The zero-order valence-corrected chi connectivity index (χ0v) is 19.2. The van der Waals surface area contributed by atoms with Crippen LogP contribution in [0.25, 0.3) is 0 Å². The Hall–Kier alpha value is -3.55. The van der Waals surface area contributed by atoms with Crippen molar-refractivity contribution in [1.29, 1.82) is 0 Å². The van der Waals surface area contributed by atoms with E-state index in [-0.39, 0.29) is 17.9 Å². The Morgan fingerprint density at radius 1 is 1.09 bits per heavy atom. The second-order valence-electron chi connectivity index (χ2n) is 7.92. The van der Waals surface area contributed by atoms with Gasteiger partial charge in [0.2, 0.25) is 0 Å². The highest BCUT2D eigenvalue weighted by Crippen LogP contribution is 2.43. The van der Waals surface area contributed by atoms with Gasteiger partial charge < -0.3 is 23.9 Å². The van der Waals surface area contributed by atoms with Gasteiger partial charge >= 0.3 is 5.97 Å². The van der Waals surface area contributed by atoms with Gasteiger partial charge in [0, 0.05) is 23.1 Å². The number of hydrogen-bond donors (Lipinski definition) is 0. The normalized spacial score (nSPS) is 14.9. The fourth-order valence-corrected chi connectivity index (χ4v) is 3.60. The van der Waals surface area contributed by atoms with Crippen molar-refractivity contribution in [2.75, 3.05) is 21.3 Å². The van der Waals surface area contributed by atoms with Gasteiger partial charge in [-0.3, -0.25) is 0 Å². The summed E-state index contributed by atoms with van der Waals surface area (Å²) in [5.41, 5.74) is 3.68. The maximum atomic E-state index is 12.2. The lowest BCUT2D eigenvalue weighted by atomic mass is 9.98. The molecule has 0 fully saturated rings. The fraction of sp³-hybridized carbons (Fsp3) is 0.375. The highest BCUT2D eigenvalue weighted by Gasteiger charge is 2.33. The standard InChI is InChI=1S/C24H28N2O6/c1-15(25-29-5)17-11-18-13-24(2,3)32-22(18)20(12-17)31-14-16-9-7-8-10-19(16)21(26-30-6)23(27)28-4/h7-12H,13-14H2,1-6H3/b25-15?,26-21+. The number of ether oxygens (including phenoxy) is 3. The number of carbonyl (C=O) groups excluding carboxylic acids is 1. The van der Waals surface area contributed by atoms with Gasteiger partial charge in [0.1, 0.15) is 26.4 Å². The van der Waals surface area contributed by atoms with Crippen molar-refractivity contribution in [2.24, 2.45) is 10.3 Å². The predicted molar refractivity (Wildman–Crippen MR) is 120 cm³/mol. The predicted octanol–water partition coefficient (Wildman–Crippen LogP) is 3.87. The number of benzene rings is 2. The van der Waals surface area contributed by atoms with Gasteiger partial charge in [0.05, 0.1) is 12.8 Å². The molecule has 0 unspecified atom stereocenters. The minimum absolute atomic E-state index is 0.0636. The van der Waals surface area contributed by atoms with Crippen molar-refractivity contribution < 1.29 is 28.7 Å². The summed E-state index contributed by atoms with van der Waals surface area (Å²) < 4.78 is 17.2. The molecule has 1 aliphatic rings. The number of esters is 1. The molecule has 2 aromatic rings. The van der Waals surface area contributed by atoms with E-state index in [1.165, 1.54) is 21.3 Å². The molecule has 0 saturated heterocycles. The molecular formula is C24H28N2O6. The summed E-state index contributed by atoms with van der Waals surface area (Å²) in [4.78, 5) is 22.0. The number of oxime groups is 2. The van der Waals surface area contributed by atoms with Crippen LogP contribution in [0.2, 0.25) is 0 Å². The van der Waals surface area contributed by atoms with Gasteiger partial charge in [-0.2, -0.15) is 0 Å². The third-order valence-electron chi connectivity index (χ3n) is 4.99. The molecular weight excluding hydrogens is 412 g/mol. The molecule has 32 heavy (non-hydrogen) atoms. The lowest BCUT2D eigenvalue weighted by Gasteiger charge is -2.19. The molecule has 3 rings (SSSR count). The summed E-state index contributed by atoms with van der Waals surface area (Å²) in [6.45, 7) is 6.11. The van der Waals surface area contributed by atoms with Crippen LogP contribution in [0, 0.1) is 0 Å². The van der Waals surface area contributed by atoms with Gasteiger partial charge in [0.25, 0.3) is 0 Å². The molecule has 0 N–H and O–H groups in total. The minimum Gasteiger partial charge on any atom is -0.485 e. The first kappa shape index (κ1) is 23.1. The highest BCUT2D eigenvalue weighted by atomic mass is 16.6. The minimum atomic E-state index is -0.598. The Kier molecular flexibility index (Phi) is 7.02. The molecule has 0 amide bonds. The molecule has 0 bridgehead atoms. The van der Waals surface area contributed by atoms with E-state index in [1.807, 2.05) is 51.1 Å². The van der Waals surface area contributed by atoms with E-state index >= 15 is 0 Å². The van der Waals surface area contributed by atoms with Crippen molar-refractivity contribution in [3.8, 4) is 11.5 Å². The number of hydrogen-bond acceptors (Lipinski definition) is 8. The molecule has 0 atom stereocenters. The summed E-state index contributed by atoms with van der Waals surface area (Å²) >= 11 is 0. The number of carbonyl (C=O) groups is 1. The molecule has 170 valence electrons. The van der Waals surface area contributed by atoms with Crippen LogP contribution in [-0.2, 0) is 32.2 Å². The Morgan fingerprint density at radius 3 is 2.50 bits per heavy atom. The quantitative estimate of drug-likeness (QED) is 0.352. The maximum Gasteiger partial charge on any atom is 0.360 e. The van der Waals surface area contributed by atoms with E-state index in [0.717, 1.165) is 28.8 Å². The second kappa shape index (κ2) is 9.72. The smallest absolute Gasteiger partial charge is 0.360 e. The van der Waals surface area contributed by atoms with Crippen LogP contribution in [0.5, 0.6) is 11.5 Å².